The standard InChI is InChI=1S/C12H16N2O/c1-4-14(5-2)12-10(9-13)7-6-8-11(12)15-3/h6-8H,4-5H2,1-3H3. The topological polar surface area (TPSA) is 36.3 Å². The first kappa shape index (κ1) is 11.4. The van der Waals surface area contributed by atoms with Crippen LogP contribution in [0.5, 0.6) is 5.75 Å². The Bertz CT molecular complexity index is 364. The van der Waals surface area contributed by atoms with Crippen LogP contribution in [0, 0.1) is 11.3 Å². The van der Waals surface area contributed by atoms with Gasteiger partial charge in [0, 0.05) is 13.1 Å². The fraction of sp³-hybridized carbons (Fsp3) is 0.417. The average Bonchev–Trinajstić information content (AvgIpc) is 2.30. The van der Waals surface area contributed by atoms with Crippen LogP contribution >= 0.6 is 0 Å². The Labute approximate surface area is 90.9 Å². The lowest BCUT2D eigenvalue weighted by Gasteiger charge is -2.24. The lowest BCUT2D eigenvalue weighted by Crippen LogP contribution is -2.23. The molecule has 0 saturated heterocycles. The maximum atomic E-state index is 9.05. The van der Waals surface area contributed by atoms with Crippen molar-refractivity contribution < 1.29 is 4.74 Å². The molecule has 80 valence electrons. The van der Waals surface area contributed by atoms with Crippen molar-refractivity contribution in [2.75, 3.05) is 25.1 Å². The molecular weight excluding hydrogens is 188 g/mol. The number of nitrogens with zero attached hydrogens (tertiary/aromatic N) is 2. The van der Waals surface area contributed by atoms with Crippen LogP contribution in [0.2, 0.25) is 0 Å². The zero-order valence-corrected chi connectivity index (χ0v) is 9.45. The first-order valence-electron chi connectivity index (χ1n) is 5.10. The highest BCUT2D eigenvalue weighted by Gasteiger charge is 2.13. The molecule has 0 unspecified atom stereocenters. The molecule has 0 bridgehead atoms. The van der Waals surface area contributed by atoms with Gasteiger partial charge in [0.2, 0.25) is 0 Å². The van der Waals surface area contributed by atoms with Crippen molar-refractivity contribution in [1.29, 1.82) is 5.26 Å². The van der Waals surface area contributed by atoms with E-state index >= 15 is 0 Å². The fourth-order valence-corrected chi connectivity index (χ4v) is 1.64. The number of hydrogen-bond donors (Lipinski definition) is 0. The number of para-hydroxylation sites is 1. The van der Waals surface area contributed by atoms with Gasteiger partial charge in [-0.05, 0) is 26.0 Å². The molecule has 1 aromatic rings. The van der Waals surface area contributed by atoms with Gasteiger partial charge in [0.05, 0.1) is 18.4 Å². The van der Waals surface area contributed by atoms with Crippen LogP contribution in [0.15, 0.2) is 18.2 Å². The van der Waals surface area contributed by atoms with Gasteiger partial charge in [-0.1, -0.05) is 6.07 Å². The monoisotopic (exact) mass is 204 g/mol. The predicted molar refractivity (Wildman–Crippen MR) is 61.3 cm³/mol. The maximum absolute atomic E-state index is 9.05. The summed E-state index contributed by atoms with van der Waals surface area (Å²) >= 11 is 0. The third-order valence-corrected chi connectivity index (χ3v) is 2.42. The molecule has 15 heavy (non-hydrogen) atoms. The minimum absolute atomic E-state index is 0.665. The molecule has 0 aromatic heterocycles. The number of rotatable bonds is 4. The van der Waals surface area contributed by atoms with E-state index in [1.807, 2.05) is 18.2 Å². The highest BCUT2D eigenvalue weighted by molar-refractivity contribution is 5.67. The van der Waals surface area contributed by atoms with Crippen LogP contribution in [0.3, 0.4) is 0 Å². The second kappa shape index (κ2) is 5.26. The molecule has 0 aliphatic carbocycles. The zero-order chi connectivity index (χ0) is 11.3. The highest BCUT2D eigenvalue weighted by atomic mass is 16.5. The van der Waals surface area contributed by atoms with E-state index in [0.29, 0.717) is 5.56 Å². The van der Waals surface area contributed by atoms with Crippen molar-refractivity contribution >= 4 is 5.69 Å². The van der Waals surface area contributed by atoms with Crippen molar-refractivity contribution in [2.24, 2.45) is 0 Å². The maximum Gasteiger partial charge on any atom is 0.143 e. The molecule has 0 fully saturated rings. The molecule has 0 amide bonds. The average molecular weight is 204 g/mol. The molecule has 1 rings (SSSR count). The Morgan fingerprint density at radius 1 is 1.33 bits per heavy atom. The summed E-state index contributed by atoms with van der Waals surface area (Å²) in [5.74, 6) is 0.762. The van der Waals surface area contributed by atoms with Crippen molar-refractivity contribution in [3.63, 3.8) is 0 Å². The lowest BCUT2D eigenvalue weighted by atomic mass is 10.1. The molecule has 0 atom stereocenters. The summed E-state index contributed by atoms with van der Waals surface area (Å²) < 4.78 is 5.28. The summed E-state index contributed by atoms with van der Waals surface area (Å²) in [6.45, 7) is 5.87. The molecule has 0 spiro atoms. The molecule has 0 heterocycles. The minimum atomic E-state index is 0.665. The lowest BCUT2D eigenvalue weighted by molar-refractivity contribution is 0.414. The normalized spacial score (nSPS) is 9.47. The van der Waals surface area contributed by atoms with Gasteiger partial charge in [0.15, 0.2) is 0 Å². The first-order chi connectivity index (χ1) is 7.28. The third-order valence-electron chi connectivity index (χ3n) is 2.42. The summed E-state index contributed by atoms with van der Waals surface area (Å²) in [4.78, 5) is 2.12. The summed E-state index contributed by atoms with van der Waals surface area (Å²) in [6, 6.07) is 7.73. The van der Waals surface area contributed by atoms with Crippen LogP contribution in [-0.2, 0) is 0 Å². The van der Waals surface area contributed by atoms with Gasteiger partial charge in [-0.25, -0.2) is 0 Å². The number of methoxy groups -OCH3 is 1. The molecule has 0 aliphatic rings. The Morgan fingerprint density at radius 2 is 2.00 bits per heavy atom. The molecular formula is C12H16N2O. The second-order valence-corrected chi connectivity index (χ2v) is 3.14. The summed E-state index contributed by atoms with van der Waals surface area (Å²) in [5.41, 5.74) is 1.56. The number of anilines is 1. The second-order valence-electron chi connectivity index (χ2n) is 3.14. The third kappa shape index (κ3) is 2.21. The molecule has 0 radical (unpaired) electrons. The van der Waals surface area contributed by atoms with E-state index in [0.717, 1.165) is 24.5 Å². The number of nitriles is 1. The largest absolute Gasteiger partial charge is 0.495 e. The van der Waals surface area contributed by atoms with E-state index in [2.05, 4.69) is 24.8 Å². The number of hydrogen-bond acceptors (Lipinski definition) is 3. The van der Waals surface area contributed by atoms with Crippen LogP contribution in [0.25, 0.3) is 0 Å². The van der Waals surface area contributed by atoms with Crippen LogP contribution < -0.4 is 9.64 Å². The molecule has 0 saturated carbocycles. The smallest absolute Gasteiger partial charge is 0.143 e. The van der Waals surface area contributed by atoms with Crippen molar-refractivity contribution in [2.45, 2.75) is 13.8 Å². The van der Waals surface area contributed by atoms with Gasteiger partial charge in [-0.2, -0.15) is 5.26 Å². The summed E-state index contributed by atoms with van der Waals surface area (Å²) in [6.07, 6.45) is 0. The number of benzene rings is 1. The van der Waals surface area contributed by atoms with Crippen LogP contribution in [0.1, 0.15) is 19.4 Å². The SMILES string of the molecule is CCN(CC)c1c(C#N)cccc1OC. The van der Waals surface area contributed by atoms with Crippen LogP contribution in [0.4, 0.5) is 5.69 Å². The Hall–Kier alpha value is -1.69. The van der Waals surface area contributed by atoms with E-state index in [1.54, 1.807) is 7.11 Å². The Kier molecular flexibility index (Phi) is 3.99. The van der Waals surface area contributed by atoms with Gasteiger partial charge < -0.3 is 9.64 Å². The van der Waals surface area contributed by atoms with Gasteiger partial charge in [0.1, 0.15) is 11.8 Å². The first-order valence-corrected chi connectivity index (χ1v) is 5.10. The zero-order valence-electron chi connectivity index (χ0n) is 9.45. The highest BCUT2D eigenvalue weighted by Crippen LogP contribution is 2.31. The number of ether oxygens (including phenoxy) is 1. The Morgan fingerprint density at radius 3 is 2.47 bits per heavy atom. The van der Waals surface area contributed by atoms with E-state index < -0.39 is 0 Å². The fourth-order valence-electron chi connectivity index (χ4n) is 1.64. The van der Waals surface area contributed by atoms with Gasteiger partial charge in [-0.3, -0.25) is 0 Å². The van der Waals surface area contributed by atoms with E-state index in [9.17, 15) is 0 Å². The van der Waals surface area contributed by atoms with Crippen molar-refractivity contribution in [3.8, 4) is 11.8 Å². The molecule has 1 aromatic carbocycles. The van der Waals surface area contributed by atoms with E-state index in [1.165, 1.54) is 0 Å². The summed E-state index contributed by atoms with van der Waals surface area (Å²) in [7, 11) is 1.63. The molecule has 3 nitrogen and oxygen atoms in total. The molecule has 3 heteroatoms. The van der Waals surface area contributed by atoms with Gasteiger partial charge in [-0.15, -0.1) is 0 Å². The van der Waals surface area contributed by atoms with Crippen molar-refractivity contribution in [3.05, 3.63) is 23.8 Å². The Balaban J connectivity index is 3.28. The summed E-state index contributed by atoms with van der Waals surface area (Å²) in [5, 5.41) is 9.05. The van der Waals surface area contributed by atoms with Crippen LogP contribution in [-0.4, -0.2) is 20.2 Å². The molecule has 0 N–H and O–H groups in total. The minimum Gasteiger partial charge on any atom is -0.495 e. The van der Waals surface area contributed by atoms with Gasteiger partial charge in [0.25, 0.3) is 0 Å². The van der Waals surface area contributed by atoms with Gasteiger partial charge >= 0.3 is 0 Å². The predicted octanol–water partition coefficient (Wildman–Crippen LogP) is 2.41. The van der Waals surface area contributed by atoms with Crippen molar-refractivity contribution in [1.82, 2.24) is 0 Å². The quantitative estimate of drug-likeness (QED) is 0.755. The van der Waals surface area contributed by atoms with E-state index in [-0.39, 0.29) is 0 Å². The molecule has 0 aliphatic heterocycles. The van der Waals surface area contributed by atoms with E-state index in [4.69, 9.17) is 10.00 Å².